The summed E-state index contributed by atoms with van der Waals surface area (Å²) in [5, 5.41) is 15.2. The number of thiophene rings is 1. The van der Waals surface area contributed by atoms with Crippen LogP contribution in [0.25, 0.3) is 10.8 Å². The van der Waals surface area contributed by atoms with Gasteiger partial charge in [-0.05, 0) is 37.0 Å². The molecule has 23 heavy (non-hydrogen) atoms. The molecule has 0 fully saturated rings. The normalized spacial score (nSPS) is 12.8. The summed E-state index contributed by atoms with van der Waals surface area (Å²) in [7, 11) is 0. The minimum atomic E-state index is -0.296. The maximum Gasteiger partial charge on any atom is 0.275 e. The first-order chi connectivity index (χ1) is 11.3. The van der Waals surface area contributed by atoms with Gasteiger partial charge in [-0.25, -0.2) is 4.98 Å². The average Bonchev–Trinajstić information content (AvgIpc) is 3.30. The third kappa shape index (κ3) is 2.46. The highest BCUT2D eigenvalue weighted by molar-refractivity contribution is 7.16. The fraction of sp³-hybridized carbons (Fsp3) is 0.188. The molecule has 0 radical (unpaired) electrons. The Labute approximate surface area is 140 Å². The molecule has 0 aliphatic heterocycles. The van der Waals surface area contributed by atoms with Gasteiger partial charge in [0.15, 0.2) is 10.8 Å². The molecule has 0 spiro atoms. The lowest BCUT2D eigenvalue weighted by molar-refractivity contribution is 0.102. The molecule has 0 saturated carbocycles. The number of anilines is 1. The van der Waals surface area contributed by atoms with E-state index in [9.17, 15) is 10.1 Å². The molecular formula is C16H11N3O2S2. The largest absolute Gasteiger partial charge is 0.462 e. The topological polar surface area (TPSA) is 78.9 Å². The number of furan rings is 1. The number of fused-ring (bicyclic) bond motifs is 1. The van der Waals surface area contributed by atoms with Crippen molar-refractivity contribution in [3.63, 3.8) is 0 Å². The third-order valence-electron chi connectivity index (χ3n) is 3.73. The molecule has 5 nitrogen and oxygen atoms in total. The van der Waals surface area contributed by atoms with E-state index in [1.807, 2.05) is 0 Å². The van der Waals surface area contributed by atoms with E-state index >= 15 is 0 Å². The molecule has 3 heterocycles. The van der Waals surface area contributed by atoms with E-state index in [1.54, 1.807) is 23.8 Å². The Kier molecular flexibility index (Phi) is 3.48. The minimum Gasteiger partial charge on any atom is -0.462 e. The summed E-state index contributed by atoms with van der Waals surface area (Å²) in [6, 6.07) is 5.81. The van der Waals surface area contributed by atoms with Crippen LogP contribution in [0.1, 0.15) is 32.9 Å². The van der Waals surface area contributed by atoms with Crippen molar-refractivity contribution in [2.45, 2.75) is 19.3 Å². The van der Waals surface area contributed by atoms with E-state index in [0.717, 1.165) is 24.8 Å². The summed E-state index contributed by atoms with van der Waals surface area (Å²) in [6.07, 6.45) is 4.57. The van der Waals surface area contributed by atoms with E-state index < -0.39 is 0 Å². The fourth-order valence-electron chi connectivity index (χ4n) is 2.67. The van der Waals surface area contributed by atoms with Gasteiger partial charge in [-0.1, -0.05) is 0 Å². The Hall–Kier alpha value is -2.43. The van der Waals surface area contributed by atoms with Crippen LogP contribution in [0.5, 0.6) is 0 Å². The van der Waals surface area contributed by atoms with Crippen LogP contribution in [-0.4, -0.2) is 10.9 Å². The summed E-state index contributed by atoms with van der Waals surface area (Å²) < 4.78 is 5.28. The number of thiazole rings is 1. The highest BCUT2D eigenvalue weighted by Gasteiger charge is 2.24. The molecule has 1 amide bonds. The summed E-state index contributed by atoms with van der Waals surface area (Å²) in [5.74, 6) is 0.345. The fourth-order valence-corrected chi connectivity index (χ4v) is 4.67. The van der Waals surface area contributed by atoms with E-state index in [0.29, 0.717) is 27.0 Å². The monoisotopic (exact) mass is 341 g/mol. The molecule has 1 aliphatic rings. The first-order valence-electron chi connectivity index (χ1n) is 7.11. The Balaban J connectivity index is 1.58. The molecule has 0 aromatic carbocycles. The number of nitriles is 1. The zero-order chi connectivity index (χ0) is 15.8. The summed E-state index contributed by atoms with van der Waals surface area (Å²) in [4.78, 5) is 17.9. The Morgan fingerprint density at radius 3 is 3.13 bits per heavy atom. The number of hydrogen-bond acceptors (Lipinski definition) is 6. The lowest BCUT2D eigenvalue weighted by Crippen LogP contribution is -2.12. The van der Waals surface area contributed by atoms with Gasteiger partial charge in [-0.3, -0.25) is 4.79 Å². The summed E-state index contributed by atoms with van der Waals surface area (Å²) in [6.45, 7) is 0. The number of aromatic nitrogens is 1. The Bertz CT molecular complexity index is 916. The molecule has 114 valence electrons. The van der Waals surface area contributed by atoms with Gasteiger partial charge in [0.25, 0.3) is 5.91 Å². The van der Waals surface area contributed by atoms with Gasteiger partial charge in [-0.2, -0.15) is 5.26 Å². The quantitative estimate of drug-likeness (QED) is 0.778. The SMILES string of the molecule is N#Cc1c(NC(=O)c2csc(-c3ccco3)n2)sc2c1CCC2. The number of carbonyl (C=O) groups excluding carboxylic acids is 1. The molecule has 7 heteroatoms. The van der Waals surface area contributed by atoms with Crippen LogP contribution < -0.4 is 5.32 Å². The number of nitrogens with one attached hydrogen (secondary N) is 1. The second-order valence-electron chi connectivity index (χ2n) is 5.14. The number of hydrogen-bond donors (Lipinski definition) is 1. The van der Waals surface area contributed by atoms with E-state index in [4.69, 9.17) is 4.42 Å². The second-order valence-corrected chi connectivity index (χ2v) is 7.11. The van der Waals surface area contributed by atoms with Gasteiger partial charge < -0.3 is 9.73 Å². The summed E-state index contributed by atoms with van der Waals surface area (Å²) >= 11 is 2.86. The van der Waals surface area contributed by atoms with Crippen LogP contribution >= 0.6 is 22.7 Å². The lowest BCUT2D eigenvalue weighted by Gasteiger charge is -2.01. The molecular weight excluding hydrogens is 330 g/mol. The van der Waals surface area contributed by atoms with Crippen LogP contribution in [0.3, 0.4) is 0 Å². The van der Waals surface area contributed by atoms with Gasteiger partial charge in [0, 0.05) is 10.3 Å². The number of nitrogens with zero attached hydrogens (tertiary/aromatic N) is 2. The van der Waals surface area contributed by atoms with Gasteiger partial charge in [0.1, 0.15) is 16.8 Å². The molecule has 0 atom stereocenters. The highest BCUT2D eigenvalue weighted by Crippen LogP contribution is 2.38. The van der Waals surface area contributed by atoms with Crippen molar-refractivity contribution >= 4 is 33.6 Å². The molecule has 1 N–H and O–H groups in total. The van der Waals surface area contributed by atoms with Crippen molar-refractivity contribution in [2.75, 3.05) is 5.32 Å². The van der Waals surface area contributed by atoms with Crippen molar-refractivity contribution in [3.8, 4) is 16.8 Å². The molecule has 3 aromatic rings. The van der Waals surface area contributed by atoms with Crippen molar-refractivity contribution in [1.82, 2.24) is 4.98 Å². The maximum absolute atomic E-state index is 12.4. The zero-order valence-corrected chi connectivity index (χ0v) is 13.6. The molecule has 0 bridgehead atoms. The first kappa shape index (κ1) is 14.2. The van der Waals surface area contributed by atoms with Crippen LogP contribution in [0.15, 0.2) is 28.2 Å². The number of carbonyl (C=O) groups is 1. The van der Waals surface area contributed by atoms with Crippen LogP contribution in [-0.2, 0) is 12.8 Å². The van der Waals surface area contributed by atoms with Crippen molar-refractivity contribution in [3.05, 3.63) is 45.5 Å². The van der Waals surface area contributed by atoms with Crippen molar-refractivity contribution in [2.24, 2.45) is 0 Å². The molecule has 0 saturated heterocycles. The van der Waals surface area contributed by atoms with Crippen LogP contribution in [0, 0.1) is 11.3 Å². The first-order valence-corrected chi connectivity index (χ1v) is 8.81. The van der Waals surface area contributed by atoms with Crippen molar-refractivity contribution < 1.29 is 9.21 Å². The van der Waals surface area contributed by atoms with Gasteiger partial charge in [0.05, 0.1) is 11.8 Å². The standard InChI is InChI=1S/C16H11N3O2S2/c17-7-10-9-3-1-5-13(9)23-15(10)19-14(20)11-8-22-16(18-11)12-4-2-6-21-12/h2,4,6,8H,1,3,5H2,(H,19,20). The lowest BCUT2D eigenvalue weighted by atomic mass is 10.1. The Morgan fingerprint density at radius 2 is 2.35 bits per heavy atom. The average molecular weight is 341 g/mol. The predicted octanol–water partition coefficient (Wildman–Crippen LogP) is 4.08. The number of amides is 1. The molecule has 1 aliphatic carbocycles. The smallest absolute Gasteiger partial charge is 0.275 e. The maximum atomic E-state index is 12.4. The number of rotatable bonds is 3. The van der Waals surface area contributed by atoms with Gasteiger partial charge in [0.2, 0.25) is 0 Å². The van der Waals surface area contributed by atoms with Gasteiger partial charge >= 0.3 is 0 Å². The third-order valence-corrected chi connectivity index (χ3v) is 5.79. The van der Waals surface area contributed by atoms with Crippen LogP contribution in [0.2, 0.25) is 0 Å². The second kappa shape index (κ2) is 5.65. The van der Waals surface area contributed by atoms with Crippen LogP contribution in [0.4, 0.5) is 5.00 Å². The molecule has 4 rings (SSSR count). The van der Waals surface area contributed by atoms with E-state index in [2.05, 4.69) is 16.4 Å². The number of aryl methyl sites for hydroxylation is 1. The van der Waals surface area contributed by atoms with E-state index in [-0.39, 0.29) is 5.91 Å². The van der Waals surface area contributed by atoms with Crippen molar-refractivity contribution in [1.29, 1.82) is 5.26 Å². The molecule has 0 unspecified atom stereocenters. The molecule has 3 aromatic heterocycles. The minimum absolute atomic E-state index is 0.296. The predicted molar refractivity (Wildman–Crippen MR) is 88.8 cm³/mol. The van der Waals surface area contributed by atoms with Gasteiger partial charge in [-0.15, -0.1) is 22.7 Å². The van der Waals surface area contributed by atoms with E-state index in [1.165, 1.54) is 27.6 Å². The Morgan fingerprint density at radius 1 is 1.43 bits per heavy atom. The summed E-state index contributed by atoms with van der Waals surface area (Å²) in [5.41, 5.74) is 2.04. The highest BCUT2D eigenvalue weighted by atomic mass is 32.1. The zero-order valence-electron chi connectivity index (χ0n) is 12.0.